The second-order valence-corrected chi connectivity index (χ2v) is 11.4. The van der Waals surface area contributed by atoms with Crippen LogP contribution >= 0.6 is 0 Å². The zero-order chi connectivity index (χ0) is 23.1. The Labute approximate surface area is 200 Å². The van der Waals surface area contributed by atoms with Crippen molar-refractivity contribution in [1.82, 2.24) is 9.80 Å². The Hall–Kier alpha value is -2.31. The molecule has 1 N–H and O–H groups in total. The van der Waals surface area contributed by atoms with Gasteiger partial charge in [-0.15, -0.1) is 0 Å². The van der Waals surface area contributed by atoms with Gasteiger partial charge in [0, 0.05) is 31.6 Å². The first-order valence-electron chi connectivity index (χ1n) is 13.0. The highest BCUT2D eigenvalue weighted by molar-refractivity contribution is 5.77. The molecule has 5 atom stereocenters. The van der Waals surface area contributed by atoms with Crippen LogP contribution in [0.25, 0.3) is 0 Å². The van der Waals surface area contributed by atoms with Crippen LogP contribution in [0.4, 0.5) is 0 Å². The molecule has 6 heteroatoms. The van der Waals surface area contributed by atoms with E-state index in [4.69, 9.17) is 9.15 Å². The third-order valence-electron chi connectivity index (χ3n) is 9.73. The number of aliphatic hydroxyl groups is 1. The van der Waals surface area contributed by atoms with E-state index in [1.165, 1.54) is 24.0 Å². The first-order valence-corrected chi connectivity index (χ1v) is 13.0. The van der Waals surface area contributed by atoms with Crippen molar-refractivity contribution in [3.63, 3.8) is 0 Å². The lowest BCUT2D eigenvalue weighted by Gasteiger charge is -2.64. The Balaban J connectivity index is 1.23. The minimum atomic E-state index is -0.804. The van der Waals surface area contributed by atoms with E-state index in [0.717, 1.165) is 56.0 Å². The highest BCUT2D eigenvalue weighted by Gasteiger charge is 2.73. The average Bonchev–Trinajstić information content (AvgIpc) is 3.35. The van der Waals surface area contributed by atoms with E-state index in [1.54, 1.807) is 12.5 Å². The predicted octanol–water partition coefficient (Wildman–Crippen LogP) is 3.30. The van der Waals surface area contributed by atoms with Gasteiger partial charge in [0.2, 0.25) is 5.91 Å². The molecule has 1 spiro atoms. The minimum absolute atomic E-state index is 0.0360. The maximum atomic E-state index is 13.3. The lowest BCUT2D eigenvalue weighted by atomic mass is 9.48. The quantitative estimate of drug-likeness (QED) is 0.714. The van der Waals surface area contributed by atoms with Crippen molar-refractivity contribution in [3.8, 4) is 5.75 Å². The maximum absolute atomic E-state index is 13.3. The molecule has 1 amide bonds. The van der Waals surface area contributed by atoms with Gasteiger partial charge in [0.25, 0.3) is 0 Å². The van der Waals surface area contributed by atoms with Gasteiger partial charge in [0.15, 0.2) is 0 Å². The minimum Gasteiger partial charge on any atom is -0.487 e. The van der Waals surface area contributed by atoms with Crippen molar-refractivity contribution >= 4 is 5.91 Å². The van der Waals surface area contributed by atoms with Crippen molar-refractivity contribution < 1.29 is 19.1 Å². The summed E-state index contributed by atoms with van der Waals surface area (Å²) in [4.78, 5) is 17.8. The number of aryl methyl sites for hydroxylation is 1. The number of hydrogen-bond donors (Lipinski definition) is 1. The largest absolute Gasteiger partial charge is 0.487 e. The Kier molecular flexibility index (Phi) is 4.54. The van der Waals surface area contributed by atoms with E-state index in [2.05, 4.69) is 23.1 Å². The average molecular weight is 463 g/mol. The Morgan fingerprint density at radius 3 is 2.91 bits per heavy atom. The summed E-state index contributed by atoms with van der Waals surface area (Å²) < 4.78 is 11.9. The second kappa shape index (κ2) is 7.34. The molecule has 2 aromatic rings. The summed E-state index contributed by atoms with van der Waals surface area (Å²) in [7, 11) is 1.93. The number of furan rings is 1. The Bertz CT molecular complexity index is 1110. The van der Waals surface area contributed by atoms with Crippen LogP contribution in [0.2, 0.25) is 0 Å². The van der Waals surface area contributed by atoms with Gasteiger partial charge in [0.1, 0.15) is 11.9 Å². The monoisotopic (exact) mass is 462 g/mol. The fraction of sp³-hybridized carbons (Fsp3) is 0.607. The molecule has 5 aliphatic rings. The van der Waals surface area contributed by atoms with Crippen LogP contribution in [0.15, 0.2) is 41.2 Å². The third kappa shape index (κ3) is 2.78. The third-order valence-corrected chi connectivity index (χ3v) is 9.73. The van der Waals surface area contributed by atoms with Crippen molar-refractivity contribution in [2.75, 3.05) is 20.1 Å². The molecule has 3 heterocycles. The molecule has 0 radical (unpaired) electrons. The molecule has 3 fully saturated rings. The number of carbonyl (C=O) groups excluding carboxylic acids is 1. The summed E-state index contributed by atoms with van der Waals surface area (Å²) in [5, 5.41) is 12.5. The molecule has 1 aromatic heterocycles. The molecule has 180 valence electrons. The maximum Gasteiger partial charge on any atom is 0.223 e. The molecular formula is C28H34N2O4. The highest BCUT2D eigenvalue weighted by Crippen LogP contribution is 2.64. The number of ether oxygens (including phenoxy) is 1. The number of amides is 1. The second-order valence-electron chi connectivity index (χ2n) is 11.4. The van der Waals surface area contributed by atoms with Gasteiger partial charge in [-0.3, -0.25) is 9.69 Å². The van der Waals surface area contributed by atoms with Crippen LogP contribution in [0.5, 0.6) is 5.75 Å². The first-order chi connectivity index (χ1) is 16.5. The van der Waals surface area contributed by atoms with Gasteiger partial charge in [-0.25, -0.2) is 0 Å². The van der Waals surface area contributed by atoms with E-state index >= 15 is 0 Å². The lowest BCUT2D eigenvalue weighted by Crippen LogP contribution is -2.78. The van der Waals surface area contributed by atoms with Crippen LogP contribution in [-0.2, 0) is 23.1 Å². The zero-order valence-electron chi connectivity index (χ0n) is 19.9. The van der Waals surface area contributed by atoms with Crippen molar-refractivity contribution in [2.45, 2.75) is 80.6 Å². The number of benzene rings is 1. The highest BCUT2D eigenvalue weighted by atomic mass is 16.5. The summed E-state index contributed by atoms with van der Waals surface area (Å²) in [5.41, 5.74) is 2.40. The number of nitrogens with zero attached hydrogens (tertiary/aromatic N) is 2. The smallest absolute Gasteiger partial charge is 0.223 e. The van der Waals surface area contributed by atoms with E-state index in [9.17, 15) is 9.90 Å². The van der Waals surface area contributed by atoms with E-state index in [-0.39, 0.29) is 24.1 Å². The molecule has 6 nitrogen and oxygen atoms in total. The molecule has 7 rings (SSSR count). The molecule has 2 saturated carbocycles. The van der Waals surface area contributed by atoms with Gasteiger partial charge in [-0.05, 0) is 80.7 Å². The number of likely N-dealkylation sites (tertiary alicyclic amines) is 1. The number of carbonyl (C=O) groups is 1. The van der Waals surface area contributed by atoms with Gasteiger partial charge in [0.05, 0.1) is 29.6 Å². The van der Waals surface area contributed by atoms with E-state index < -0.39 is 11.0 Å². The zero-order valence-corrected chi connectivity index (χ0v) is 19.9. The van der Waals surface area contributed by atoms with Crippen molar-refractivity contribution in [2.24, 2.45) is 5.92 Å². The molecule has 0 unspecified atom stereocenters. The summed E-state index contributed by atoms with van der Waals surface area (Å²) >= 11 is 0. The normalized spacial score (nSPS) is 35.5. The molecule has 1 aromatic carbocycles. The Morgan fingerprint density at radius 1 is 1.24 bits per heavy atom. The number of hydrogen-bond acceptors (Lipinski definition) is 5. The van der Waals surface area contributed by atoms with Crippen LogP contribution in [0.1, 0.15) is 55.2 Å². The summed E-state index contributed by atoms with van der Waals surface area (Å²) in [5.74, 6) is 1.86. The lowest BCUT2D eigenvalue weighted by molar-refractivity contribution is -0.200. The fourth-order valence-corrected chi connectivity index (χ4v) is 7.87. The Morgan fingerprint density at radius 2 is 2.12 bits per heavy atom. The van der Waals surface area contributed by atoms with Crippen LogP contribution < -0.4 is 4.74 Å². The number of piperidine rings is 1. The molecule has 1 saturated heterocycles. The van der Waals surface area contributed by atoms with Crippen molar-refractivity contribution in [1.29, 1.82) is 0 Å². The van der Waals surface area contributed by atoms with Gasteiger partial charge < -0.3 is 19.2 Å². The van der Waals surface area contributed by atoms with Gasteiger partial charge >= 0.3 is 0 Å². The van der Waals surface area contributed by atoms with Crippen LogP contribution in [0.3, 0.4) is 0 Å². The topological polar surface area (TPSA) is 66.2 Å². The molecule has 3 aliphatic carbocycles. The van der Waals surface area contributed by atoms with Gasteiger partial charge in [-0.1, -0.05) is 12.1 Å². The standard InChI is InChI=1S/C28H34N2O4/c1-29(24(31)8-7-19-10-14-33-17-19)21-9-11-28(32)23-15-20-3-2-4-22-25(20)27(28,26(21)34-22)12-13-30(23)16-18-5-6-18/h2-4,10,14,17-18,21,23,26,32H,5-9,11-13,15-16H2,1H3/t21-,23-,26+,27+,28-/m1/s1. The van der Waals surface area contributed by atoms with E-state index in [0.29, 0.717) is 12.8 Å². The van der Waals surface area contributed by atoms with Crippen LogP contribution in [-0.4, -0.2) is 64.7 Å². The summed E-state index contributed by atoms with van der Waals surface area (Å²) in [6.45, 7) is 2.11. The molecular weight excluding hydrogens is 428 g/mol. The summed E-state index contributed by atoms with van der Waals surface area (Å²) in [6, 6.07) is 8.43. The van der Waals surface area contributed by atoms with Crippen LogP contribution in [0, 0.1) is 5.92 Å². The predicted molar refractivity (Wildman–Crippen MR) is 127 cm³/mol. The molecule has 2 aliphatic heterocycles. The number of rotatable bonds is 6. The number of likely N-dealkylation sites (N-methyl/N-ethyl adjacent to an activating group) is 1. The summed E-state index contributed by atoms with van der Waals surface area (Å²) in [6.07, 6.45) is 10.2. The van der Waals surface area contributed by atoms with Crippen molar-refractivity contribution in [3.05, 3.63) is 53.5 Å². The SMILES string of the molecule is CN(C(=O)CCc1ccoc1)[C@@H]1CC[C@@]2(O)[C@H]3Cc4cccc5c4[C@@]2(CCN3CC2CC2)[C@H]1O5. The first kappa shape index (κ1) is 21.0. The van der Waals surface area contributed by atoms with E-state index in [1.807, 2.05) is 18.0 Å². The molecule has 34 heavy (non-hydrogen) atoms. The van der Waals surface area contributed by atoms with Gasteiger partial charge in [-0.2, -0.15) is 0 Å². The fourth-order valence-electron chi connectivity index (χ4n) is 7.87. The molecule has 2 bridgehead atoms.